The van der Waals surface area contributed by atoms with Gasteiger partial charge < -0.3 is 55.3 Å². The number of amides is 5. The molecule has 6 aromatic rings. The third-order valence-electron chi connectivity index (χ3n) is 14.2. The van der Waals surface area contributed by atoms with Gasteiger partial charge in [0, 0.05) is 74.9 Å². The minimum atomic E-state index is -0.852. The molecule has 2 atom stereocenters. The Morgan fingerprint density at radius 3 is 2.08 bits per heavy atom. The molecule has 0 aliphatic rings. The average molecular weight is 1190 g/mol. The maximum absolute atomic E-state index is 13.8. The molecule has 6 rings (SSSR count). The van der Waals surface area contributed by atoms with Crippen molar-refractivity contribution in [3.63, 3.8) is 0 Å². The lowest BCUT2D eigenvalue weighted by Gasteiger charge is -2.24. The zero-order valence-corrected chi connectivity index (χ0v) is 51.3. The predicted molar refractivity (Wildman–Crippen MR) is 328 cm³/mol. The lowest BCUT2D eigenvalue weighted by Crippen LogP contribution is -2.45. The Balaban J connectivity index is 0.854. The number of nitrogens with one attached hydrogen (secondary N) is 4. The number of imidazole rings is 1. The first-order valence-electron chi connectivity index (χ1n) is 30.1. The fourth-order valence-corrected chi connectivity index (χ4v) is 9.69. The van der Waals surface area contributed by atoms with Crippen LogP contribution in [0.4, 0.5) is 15.3 Å². The summed E-state index contributed by atoms with van der Waals surface area (Å²) in [7, 11) is 0. The molecule has 0 fully saturated rings. The Labute approximate surface area is 504 Å². The number of nitrogens with two attached hydrogens (primary N) is 1. The number of ether oxygens (including phenoxy) is 5. The Hall–Kier alpha value is -7.66. The van der Waals surface area contributed by atoms with E-state index in [9.17, 15) is 28.8 Å². The standard InChI is InChI=1S/C64H89N11O11/c1-8-9-16-56-70-59-45(4)68-54-15-11-10-14-53(54)60(59)75(56)41-47-19-17-46(18-20-47)40-67-63(81)86-43-48-21-23-50(24-22-48)69-61(79)49(13-12-28-66-62(65)80)38-55(77)58(44(2)3)71-57(78)27-30-82-32-34-84-36-37-85-35-33-83-31-29-74-42-51(72-73-74)25-26-52(76)39-64(5,6)7/h10-11,14-15,17-24,42,44,49,58H,8-9,12-13,16,25-41,43H2,1-7H3,(H,67,81)(H,69,79)(H,71,78)(H3,65,66,80)/t49-,58+/m1/s1. The molecule has 86 heavy (non-hydrogen) atoms. The van der Waals surface area contributed by atoms with Gasteiger partial charge in [0.25, 0.3) is 0 Å². The number of alkyl carbamates (subject to hydrolysis) is 1. The molecule has 22 nitrogen and oxygen atoms in total. The summed E-state index contributed by atoms with van der Waals surface area (Å²) in [6.45, 7) is 18.3. The highest BCUT2D eigenvalue weighted by Crippen LogP contribution is 2.29. The number of anilines is 1. The quantitative estimate of drug-likeness (QED) is 0.0226. The lowest BCUT2D eigenvalue weighted by molar-refractivity contribution is -0.131. The molecule has 0 bridgehead atoms. The lowest BCUT2D eigenvalue weighted by atomic mass is 9.88. The van der Waals surface area contributed by atoms with Gasteiger partial charge in [0.1, 0.15) is 23.7 Å². The molecule has 3 heterocycles. The number of primary amides is 1. The van der Waals surface area contributed by atoms with Gasteiger partial charge in [-0.2, -0.15) is 0 Å². The van der Waals surface area contributed by atoms with E-state index in [0.29, 0.717) is 89.7 Å². The molecule has 5 amide bonds. The third-order valence-corrected chi connectivity index (χ3v) is 14.2. The predicted octanol–water partition coefficient (Wildman–Crippen LogP) is 8.50. The molecule has 3 aromatic heterocycles. The van der Waals surface area contributed by atoms with Gasteiger partial charge in [-0.1, -0.05) is 108 Å². The number of hydrogen-bond donors (Lipinski definition) is 5. The number of carbonyl (C=O) groups excluding carboxylic acids is 6. The number of benzene rings is 3. The number of Topliss-reactive ketones (excluding diaryl/α,β-unsaturated/α-hetero) is 2. The Morgan fingerprint density at radius 2 is 1.41 bits per heavy atom. The fourth-order valence-electron chi connectivity index (χ4n) is 9.69. The zero-order valence-electron chi connectivity index (χ0n) is 51.3. The van der Waals surface area contributed by atoms with Crippen molar-refractivity contribution in [3.8, 4) is 0 Å². The highest BCUT2D eigenvalue weighted by Gasteiger charge is 2.30. The third kappa shape index (κ3) is 23.3. The van der Waals surface area contributed by atoms with Crippen molar-refractivity contribution in [3.05, 3.63) is 113 Å². The molecular formula is C64H89N11O11. The number of aromatic nitrogens is 6. The largest absolute Gasteiger partial charge is 0.445 e. The summed E-state index contributed by atoms with van der Waals surface area (Å²) in [5, 5.41) is 20.4. The summed E-state index contributed by atoms with van der Waals surface area (Å²) in [4.78, 5) is 86.8. The maximum atomic E-state index is 13.8. The monoisotopic (exact) mass is 1190 g/mol. The van der Waals surface area contributed by atoms with E-state index in [-0.39, 0.29) is 81.0 Å². The number of hydrogen-bond acceptors (Lipinski definition) is 15. The van der Waals surface area contributed by atoms with Gasteiger partial charge in [-0.3, -0.25) is 24.2 Å². The van der Waals surface area contributed by atoms with E-state index < -0.39 is 30.0 Å². The van der Waals surface area contributed by atoms with Crippen LogP contribution in [0.5, 0.6) is 0 Å². The Bertz CT molecular complexity index is 3120. The van der Waals surface area contributed by atoms with Gasteiger partial charge in [0.05, 0.1) is 87.9 Å². The molecule has 466 valence electrons. The second kappa shape index (κ2) is 35.1. The van der Waals surface area contributed by atoms with E-state index >= 15 is 0 Å². The van der Waals surface area contributed by atoms with Crippen molar-refractivity contribution in [2.45, 2.75) is 145 Å². The smallest absolute Gasteiger partial charge is 0.407 e. The number of fused-ring (bicyclic) bond motifs is 3. The highest BCUT2D eigenvalue weighted by molar-refractivity contribution is 6.03. The summed E-state index contributed by atoms with van der Waals surface area (Å²) in [5.74, 6) is -0.874. The van der Waals surface area contributed by atoms with E-state index in [4.69, 9.17) is 39.4 Å². The molecule has 0 spiro atoms. The number of carbonyl (C=O) groups is 6. The average Bonchev–Trinajstić information content (AvgIpc) is 1.75. The van der Waals surface area contributed by atoms with Gasteiger partial charge in [0.2, 0.25) is 11.8 Å². The Morgan fingerprint density at radius 1 is 0.744 bits per heavy atom. The summed E-state index contributed by atoms with van der Waals surface area (Å²) in [6, 6.07) is 21.6. The van der Waals surface area contributed by atoms with Crippen molar-refractivity contribution < 1.29 is 52.5 Å². The first kappa shape index (κ1) is 67.5. The SMILES string of the molecule is CCCCc1nc2c(C)nc3ccccc3c2n1Cc1ccc(CNC(=O)OCc2ccc(NC(=O)[C@H](CCCNC(N)=O)CC(=O)[C@@H](NC(=O)CCOCCOCCOCCOCCn3cc(CCC(=O)CC(C)(C)C)nn3)C(C)C)cc2)cc1. The molecule has 0 saturated heterocycles. The van der Waals surface area contributed by atoms with Gasteiger partial charge >= 0.3 is 12.1 Å². The summed E-state index contributed by atoms with van der Waals surface area (Å²) < 4.78 is 31.9. The topological polar surface area (TPSA) is 284 Å². The van der Waals surface area contributed by atoms with Gasteiger partial charge in [-0.25, -0.2) is 19.3 Å². The van der Waals surface area contributed by atoms with Crippen LogP contribution >= 0.6 is 0 Å². The Kier molecular flexibility index (Phi) is 27.5. The number of nitrogens with zero attached hydrogens (tertiary/aromatic N) is 6. The maximum Gasteiger partial charge on any atom is 0.407 e. The number of urea groups is 1. The van der Waals surface area contributed by atoms with Gasteiger partial charge in [0.15, 0.2) is 5.78 Å². The van der Waals surface area contributed by atoms with Crippen LogP contribution in [0.1, 0.15) is 127 Å². The summed E-state index contributed by atoms with van der Waals surface area (Å²) >= 11 is 0. The minimum Gasteiger partial charge on any atom is -0.445 e. The molecule has 0 saturated carbocycles. The van der Waals surface area contributed by atoms with E-state index in [0.717, 1.165) is 69.5 Å². The summed E-state index contributed by atoms with van der Waals surface area (Å²) in [6.07, 6.45) is 6.29. The van der Waals surface area contributed by atoms with Crippen molar-refractivity contribution in [2.24, 2.45) is 23.0 Å². The van der Waals surface area contributed by atoms with Crippen LogP contribution in [-0.2, 0) is 81.9 Å². The molecule has 0 radical (unpaired) electrons. The number of pyridine rings is 1. The highest BCUT2D eigenvalue weighted by atomic mass is 16.6. The van der Waals surface area contributed by atoms with E-state index in [1.54, 1.807) is 28.9 Å². The van der Waals surface area contributed by atoms with E-state index in [1.165, 1.54) is 0 Å². The molecule has 22 heteroatoms. The van der Waals surface area contributed by atoms with Crippen LogP contribution in [0.2, 0.25) is 0 Å². The van der Waals surface area contributed by atoms with Crippen molar-refractivity contribution >= 4 is 63.1 Å². The van der Waals surface area contributed by atoms with Crippen LogP contribution in [0.25, 0.3) is 21.9 Å². The second-order valence-electron chi connectivity index (χ2n) is 23.1. The first-order valence-corrected chi connectivity index (χ1v) is 30.1. The van der Waals surface area contributed by atoms with Crippen molar-refractivity contribution in [2.75, 3.05) is 64.7 Å². The number of aryl methyl sites for hydroxylation is 3. The molecule has 0 unspecified atom stereocenters. The summed E-state index contributed by atoms with van der Waals surface area (Å²) in [5.41, 5.74) is 13.1. The molecule has 3 aromatic carbocycles. The number of ketones is 2. The van der Waals surface area contributed by atoms with Crippen molar-refractivity contribution in [1.29, 1.82) is 0 Å². The van der Waals surface area contributed by atoms with Crippen molar-refractivity contribution in [1.82, 2.24) is 45.5 Å². The van der Waals surface area contributed by atoms with Crippen LogP contribution < -0.4 is 27.0 Å². The zero-order chi connectivity index (χ0) is 61.8. The fraction of sp³-hybridized carbons (Fsp3) is 0.531. The second-order valence-corrected chi connectivity index (χ2v) is 23.1. The number of unbranched alkanes of at least 4 members (excludes halogenated alkanes) is 1. The molecular weight excluding hydrogens is 1100 g/mol. The van der Waals surface area contributed by atoms with Crippen LogP contribution in [-0.4, -0.2) is 130 Å². The molecule has 0 aliphatic heterocycles. The van der Waals surface area contributed by atoms with Gasteiger partial charge in [-0.15, -0.1) is 5.10 Å². The first-order chi connectivity index (χ1) is 41.3. The van der Waals surface area contributed by atoms with Gasteiger partial charge in [-0.05, 0) is 78.8 Å². The number of rotatable bonds is 39. The van der Waals surface area contributed by atoms with Crippen LogP contribution in [0.3, 0.4) is 0 Å². The van der Waals surface area contributed by atoms with E-state index in [1.807, 2.05) is 57.3 Å². The normalized spacial score (nSPS) is 12.3. The van der Waals surface area contributed by atoms with E-state index in [2.05, 4.69) is 82.0 Å². The molecule has 0 aliphatic carbocycles. The number of para-hydroxylation sites is 1. The van der Waals surface area contributed by atoms with Crippen LogP contribution in [0, 0.1) is 24.2 Å². The van der Waals surface area contributed by atoms with Crippen LogP contribution in [0.15, 0.2) is 79.0 Å². The minimum absolute atomic E-state index is 0.00939. The molecule has 6 N–H and O–H groups in total.